The van der Waals surface area contributed by atoms with Gasteiger partial charge >= 0.3 is 0 Å². The van der Waals surface area contributed by atoms with Gasteiger partial charge in [-0.05, 0) is 12.1 Å². The molecule has 3 rings (SSSR count). The summed E-state index contributed by atoms with van der Waals surface area (Å²) in [6, 6.07) is 12.8. The summed E-state index contributed by atoms with van der Waals surface area (Å²) in [7, 11) is 0. The highest BCUT2D eigenvalue weighted by Gasteiger charge is 2.12. The largest absolute Gasteiger partial charge is 0.287 e. The van der Waals surface area contributed by atoms with Crippen LogP contribution in [0.1, 0.15) is 10.4 Å². The van der Waals surface area contributed by atoms with E-state index in [9.17, 15) is 14.4 Å². The maximum absolute atomic E-state index is 12.1. The molecular weight excluding hydrogens is 304 g/mol. The molecule has 6 heteroatoms. The summed E-state index contributed by atoms with van der Waals surface area (Å²) in [6.07, 6.45) is 0. The Morgan fingerprint density at radius 2 is 1.45 bits per heavy atom. The quantitative estimate of drug-likeness (QED) is 0.725. The van der Waals surface area contributed by atoms with Crippen LogP contribution in [0, 0.1) is 0 Å². The predicted octanol–water partition coefficient (Wildman–Crippen LogP) is 1.33. The van der Waals surface area contributed by atoms with E-state index >= 15 is 0 Å². The van der Waals surface area contributed by atoms with E-state index in [1.54, 1.807) is 42.5 Å². The van der Waals surface area contributed by atoms with Crippen molar-refractivity contribution < 1.29 is 4.79 Å². The molecule has 108 valence electrons. The van der Waals surface area contributed by atoms with Crippen molar-refractivity contribution in [2.45, 2.75) is 0 Å². The third-order valence-corrected chi connectivity index (χ3v) is 3.56. The molecule has 0 saturated carbocycles. The number of hydrogen-bond donors (Lipinski definition) is 1. The fourth-order valence-corrected chi connectivity index (χ4v) is 2.37. The molecule has 1 amide bonds. The van der Waals surface area contributed by atoms with Crippen LogP contribution in [0.15, 0.2) is 63.2 Å². The molecule has 0 heterocycles. The summed E-state index contributed by atoms with van der Waals surface area (Å²) in [6.45, 7) is 0. The molecule has 0 saturated heterocycles. The number of nitrogens with zero attached hydrogens (tertiary/aromatic N) is 1. The van der Waals surface area contributed by atoms with Gasteiger partial charge in [-0.25, -0.2) is 5.43 Å². The Morgan fingerprint density at radius 3 is 2.05 bits per heavy atom. The molecule has 3 aromatic rings. The summed E-state index contributed by atoms with van der Waals surface area (Å²) in [5.41, 5.74) is 1.41. The zero-order valence-corrected chi connectivity index (χ0v) is 11.9. The minimum Gasteiger partial charge on any atom is -0.287 e. The molecule has 0 radical (unpaired) electrons. The van der Waals surface area contributed by atoms with Crippen LogP contribution in [0.4, 0.5) is 0 Å². The summed E-state index contributed by atoms with van der Waals surface area (Å²) >= 11 is 5.90. The van der Waals surface area contributed by atoms with E-state index in [0.717, 1.165) is 0 Å². The van der Waals surface area contributed by atoms with E-state index in [1.165, 1.54) is 6.07 Å². The maximum atomic E-state index is 12.1. The number of carbonyl (C=O) groups is 1. The number of fused-ring (bicyclic) bond motifs is 1. The second-order valence-corrected chi connectivity index (χ2v) is 4.99. The SMILES string of the molecule is O=C(NN=c1c(=O)c2ccccc2c1=O)c1ccccc1Cl. The highest BCUT2D eigenvalue weighted by atomic mass is 35.5. The molecule has 0 aliphatic carbocycles. The van der Waals surface area contributed by atoms with E-state index in [0.29, 0.717) is 10.8 Å². The molecule has 22 heavy (non-hydrogen) atoms. The van der Waals surface area contributed by atoms with E-state index in [2.05, 4.69) is 10.5 Å². The monoisotopic (exact) mass is 312 g/mol. The van der Waals surface area contributed by atoms with Crippen LogP contribution in [0.2, 0.25) is 5.02 Å². The molecule has 5 nitrogen and oxygen atoms in total. The van der Waals surface area contributed by atoms with Crippen molar-refractivity contribution in [1.29, 1.82) is 0 Å². The smallest absolute Gasteiger partial charge is 0.272 e. The van der Waals surface area contributed by atoms with Crippen LogP contribution in [0.25, 0.3) is 10.8 Å². The Kier molecular flexibility index (Phi) is 3.56. The number of carbonyl (C=O) groups excluding carboxylic acids is 1. The van der Waals surface area contributed by atoms with E-state index < -0.39 is 16.8 Å². The third-order valence-electron chi connectivity index (χ3n) is 3.23. The number of hydrogen-bond acceptors (Lipinski definition) is 4. The van der Waals surface area contributed by atoms with Gasteiger partial charge in [-0.3, -0.25) is 14.4 Å². The van der Waals surface area contributed by atoms with Gasteiger partial charge in [0.2, 0.25) is 10.9 Å². The highest BCUT2D eigenvalue weighted by Crippen LogP contribution is 2.14. The number of amides is 1. The van der Waals surface area contributed by atoms with Gasteiger partial charge in [0, 0.05) is 10.8 Å². The second kappa shape index (κ2) is 5.54. The molecule has 0 atom stereocenters. The topological polar surface area (TPSA) is 75.6 Å². The number of benzene rings is 2. The summed E-state index contributed by atoms with van der Waals surface area (Å²) in [5.74, 6) is -0.588. The normalized spacial score (nSPS) is 10.6. The Labute approximate surface area is 129 Å². The first kappa shape index (κ1) is 14.2. The molecule has 0 bridgehead atoms. The molecule has 0 aliphatic rings. The molecule has 0 fully saturated rings. The fraction of sp³-hybridized carbons (Fsp3) is 0. The molecule has 0 aromatic heterocycles. The molecule has 0 aliphatic heterocycles. The minimum absolute atomic E-state index is 0.212. The average Bonchev–Trinajstić information content (AvgIpc) is 2.77. The Balaban J connectivity index is 2.04. The van der Waals surface area contributed by atoms with E-state index in [4.69, 9.17) is 11.6 Å². The van der Waals surface area contributed by atoms with Crippen LogP contribution in [-0.4, -0.2) is 5.91 Å². The minimum atomic E-state index is -0.588. The van der Waals surface area contributed by atoms with Gasteiger partial charge in [-0.15, -0.1) is 0 Å². The van der Waals surface area contributed by atoms with Crippen molar-refractivity contribution in [3.63, 3.8) is 0 Å². The van der Waals surface area contributed by atoms with Crippen LogP contribution in [-0.2, 0) is 0 Å². The lowest BCUT2D eigenvalue weighted by atomic mass is 10.2. The highest BCUT2D eigenvalue weighted by molar-refractivity contribution is 6.33. The van der Waals surface area contributed by atoms with Crippen molar-refractivity contribution in [2.75, 3.05) is 0 Å². The van der Waals surface area contributed by atoms with Crippen LogP contribution in [0.5, 0.6) is 0 Å². The Bertz CT molecular complexity index is 983. The number of halogens is 1. The molecule has 0 spiro atoms. The lowest BCUT2D eigenvalue weighted by Gasteiger charge is -2.00. The molecule has 1 N–H and O–H groups in total. The molecule has 3 aromatic carbocycles. The first-order chi connectivity index (χ1) is 10.6. The van der Waals surface area contributed by atoms with Gasteiger partial charge in [0.05, 0.1) is 10.6 Å². The predicted molar refractivity (Wildman–Crippen MR) is 83.3 cm³/mol. The van der Waals surface area contributed by atoms with Crippen LogP contribution >= 0.6 is 11.6 Å². The summed E-state index contributed by atoms with van der Waals surface area (Å²) in [4.78, 5) is 36.2. The first-order valence-electron chi connectivity index (χ1n) is 6.40. The zero-order valence-electron chi connectivity index (χ0n) is 11.2. The Hall–Kier alpha value is -2.79. The van der Waals surface area contributed by atoms with Gasteiger partial charge < -0.3 is 0 Å². The molecular formula is C16H9ClN2O3. The zero-order chi connectivity index (χ0) is 15.7. The first-order valence-corrected chi connectivity index (χ1v) is 6.78. The Morgan fingerprint density at radius 1 is 0.909 bits per heavy atom. The van der Waals surface area contributed by atoms with Crippen molar-refractivity contribution in [3.05, 3.63) is 84.9 Å². The maximum Gasteiger partial charge on any atom is 0.272 e. The van der Waals surface area contributed by atoms with E-state index in [-0.39, 0.29) is 15.9 Å². The lowest BCUT2D eigenvalue weighted by Crippen LogP contribution is -2.35. The fourth-order valence-electron chi connectivity index (χ4n) is 2.15. The average molecular weight is 313 g/mol. The van der Waals surface area contributed by atoms with Crippen molar-refractivity contribution >= 4 is 28.3 Å². The number of rotatable bonds is 2. The van der Waals surface area contributed by atoms with E-state index in [1.807, 2.05) is 0 Å². The van der Waals surface area contributed by atoms with Crippen molar-refractivity contribution in [1.82, 2.24) is 5.43 Å². The van der Waals surface area contributed by atoms with Crippen molar-refractivity contribution in [3.8, 4) is 0 Å². The molecule has 0 unspecified atom stereocenters. The van der Waals surface area contributed by atoms with Gasteiger partial charge in [-0.1, -0.05) is 48.0 Å². The van der Waals surface area contributed by atoms with Crippen LogP contribution in [0.3, 0.4) is 0 Å². The standard InChI is InChI=1S/C16H9ClN2O3/c17-12-8-4-3-7-11(12)16(22)19-18-13-14(20)9-5-1-2-6-10(9)15(13)21/h1-8H,(H,19,22). The summed E-state index contributed by atoms with van der Waals surface area (Å²) < 4.78 is 0. The summed E-state index contributed by atoms with van der Waals surface area (Å²) in [5, 5.41) is 4.21. The third kappa shape index (κ3) is 2.31. The number of nitrogens with one attached hydrogen (secondary N) is 1. The lowest BCUT2D eigenvalue weighted by molar-refractivity contribution is 0.0953. The van der Waals surface area contributed by atoms with Gasteiger partial charge in [0.25, 0.3) is 5.91 Å². The van der Waals surface area contributed by atoms with Crippen LogP contribution < -0.4 is 21.6 Å². The van der Waals surface area contributed by atoms with Gasteiger partial charge in [0.1, 0.15) is 0 Å². The van der Waals surface area contributed by atoms with Gasteiger partial charge in [-0.2, -0.15) is 5.10 Å². The van der Waals surface area contributed by atoms with Crippen molar-refractivity contribution in [2.24, 2.45) is 5.10 Å². The second-order valence-electron chi connectivity index (χ2n) is 4.59. The van der Waals surface area contributed by atoms with Gasteiger partial charge in [0.15, 0.2) is 5.36 Å².